The maximum absolute atomic E-state index is 12.7. The summed E-state index contributed by atoms with van der Waals surface area (Å²) in [5.74, 6) is -2.05. The molecule has 1 fully saturated rings. The van der Waals surface area contributed by atoms with Crippen molar-refractivity contribution in [3.63, 3.8) is 0 Å². The number of anilines is 1. The Hall–Kier alpha value is -5.86. The lowest BCUT2D eigenvalue weighted by atomic mass is 9.80. The molecule has 2 amide bonds. The fourth-order valence-corrected chi connectivity index (χ4v) is 12.1. The van der Waals surface area contributed by atoms with Gasteiger partial charge in [-0.25, -0.2) is 4.79 Å². The van der Waals surface area contributed by atoms with E-state index in [2.05, 4.69) is 0 Å². The number of unbranched alkanes of at least 4 members (excludes halogenated alkanes) is 2. The summed E-state index contributed by atoms with van der Waals surface area (Å²) >= 11 is 0. The number of allylic oxidation sites excluding steroid dienone is 6. The Morgan fingerprint density at radius 1 is 0.733 bits per heavy atom. The standard InChI is InChI=1S/C51H59N3O17S4/c1-50(2)40-32-38(74(64,65)66)20-22-42(40)52(27-5-7-29-72(58,59)60)44(50)14-10-13-35-11-9-12-36(49(35)70-37-18-15-34(16-19-37)31-48(57)71-54-46(55)25-26-47(54)56)17-24-45-51(3,4)41-33-39(75(67,68)69)21-23-43(41)53(45)28-6-8-30-73(61,62)63/h10,13-24,32-33,44H,5-9,11-12,25-31H2,1-4H3,(H3-,58,59,60,61,62,63,64,65,66,67,68,69)/p+1/b14-10+,24-17+,35-13+. The van der Waals surface area contributed by atoms with E-state index < -0.39 is 86.6 Å². The highest BCUT2D eigenvalue weighted by molar-refractivity contribution is 7.86. The van der Waals surface area contributed by atoms with Gasteiger partial charge < -0.3 is 14.5 Å². The lowest BCUT2D eigenvalue weighted by Crippen LogP contribution is -2.40. The smallest absolute Gasteiger partial charge is 0.337 e. The van der Waals surface area contributed by atoms with Crippen molar-refractivity contribution in [3.05, 3.63) is 125 Å². The van der Waals surface area contributed by atoms with Crippen molar-refractivity contribution < 1.29 is 80.4 Å². The molecule has 0 radical (unpaired) electrons. The van der Waals surface area contributed by atoms with Crippen LogP contribution in [0.2, 0.25) is 0 Å². The first-order chi connectivity index (χ1) is 34.9. The molecule has 3 aliphatic heterocycles. The van der Waals surface area contributed by atoms with Gasteiger partial charge in [0.1, 0.15) is 18.1 Å². The second kappa shape index (κ2) is 22.0. The van der Waals surface area contributed by atoms with Crippen LogP contribution >= 0.6 is 0 Å². The van der Waals surface area contributed by atoms with Crippen LogP contribution in [0.25, 0.3) is 0 Å². The predicted octanol–water partition coefficient (Wildman–Crippen LogP) is 6.76. The molecule has 7 rings (SSSR count). The lowest BCUT2D eigenvalue weighted by Gasteiger charge is -2.32. The van der Waals surface area contributed by atoms with E-state index in [1.807, 2.05) is 67.6 Å². The first-order valence-electron chi connectivity index (χ1n) is 24.1. The van der Waals surface area contributed by atoms with Crippen molar-refractivity contribution in [1.29, 1.82) is 0 Å². The van der Waals surface area contributed by atoms with E-state index in [1.165, 1.54) is 24.3 Å². The van der Waals surface area contributed by atoms with Gasteiger partial charge in [0.2, 0.25) is 5.69 Å². The van der Waals surface area contributed by atoms with Gasteiger partial charge in [0.25, 0.3) is 52.3 Å². The topological polar surface area (TPSA) is 297 Å². The van der Waals surface area contributed by atoms with Crippen LogP contribution in [0.15, 0.2) is 118 Å². The Kier molecular flexibility index (Phi) is 16.7. The number of imide groups is 1. The van der Waals surface area contributed by atoms with Gasteiger partial charge in [-0.05, 0) is 123 Å². The zero-order chi connectivity index (χ0) is 54.9. The molecule has 1 atom stereocenters. The molecule has 1 unspecified atom stereocenters. The van der Waals surface area contributed by atoms with Crippen molar-refractivity contribution in [2.75, 3.05) is 29.5 Å². The summed E-state index contributed by atoms with van der Waals surface area (Å²) in [5.41, 5.74) is 3.68. The highest BCUT2D eigenvalue weighted by Crippen LogP contribution is 2.47. The highest BCUT2D eigenvalue weighted by atomic mass is 32.2. The summed E-state index contributed by atoms with van der Waals surface area (Å²) in [6.07, 6.45) is 11.9. The van der Waals surface area contributed by atoms with Crippen LogP contribution in [0, 0.1) is 0 Å². The molecule has 1 saturated heterocycles. The second-order valence-corrected chi connectivity index (χ2v) is 25.9. The Morgan fingerprint density at radius 3 is 1.95 bits per heavy atom. The molecule has 75 heavy (non-hydrogen) atoms. The Morgan fingerprint density at radius 2 is 1.33 bits per heavy atom. The number of carbonyl (C=O) groups excluding carboxylic acids is 3. The van der Waals surface area contributed by atoms with Gasteiger partial charge in [-0.3, -0.25) is 27.8 Å². The van der Waals surface area contributed by atoms with Crippen LogP contribution in [-0.2, 0) is 76.9 Å². The van der Waals surface area contributed by atoms with E-state index in [4.69, 9.17) is 9.57 Å². The monoisotopic (exact) mass is 1110 g/mol. The molecule has 0 spiro atoms. The van der Waals surface area contributed by atoms with Crippen LogP contribution in [0.3, 0.4) is 0 Å². The van der Waals surface area contributed by atoms with Crippen molar-refractivity contribution in [2.24, 2.45) is 0 Å². The third-order valence-electron chi connectivity index (χ3n) is 13.8. The van der Waals surface area contributed by atoms with Crippen molar-refractivity contribution >= 4 is 75.3 Å². The van der Waals surface area contributed by atoms with Gasteiger partial charge in [0, 0.05) is 54.6 Å². The Bertz CT molecular complexity index is 3400. The lowest BCUT2D eigenvalue weighted by molar-refractivity contribution is -0.438. The molecule has 1 aliphatic carbocycles. The molecule has 4 aliphatic rings. The molecule has 404 valence electrons. The van der Waals surface area contributed by atoms with Gasteiger partial charge in [-0.2, -0.15) is 38.2 Å². The van der Waals surface area contributed by atoms with Crippen molar-refractivity contribution in [1.82, 2.24) is 5.06 Å². The first-order valence-corrected chi connectivity index (χ1v) is 30.2. The van der Waals surface area contributed by atoms with Gasteiger partial charge in [-0.1, -0.05) is 44.2 Å². The van der Waals surface area contributed by atoms with E-state index >= 15 is 0 Å². The van der Waals surface area contributed by atoms with Crippen LogP contribution < -0.4 is 9.64 Å². The molecule has 3 aromatic rings. The van der Waals surface area contributed by atoms with E-state index in [0.717, 1.165) is 11.1 Å². The van der Waals surface area contributed by atoms with E-state index in [0.29, 0.717) is 89.0 Å². The average Bonchev–Trinajstić information content (AvgIpc) is 3.82. The van der Waals surface area contributed by atoms with E-state index in [-0.39, 0.29) is 48.4 Å². The normalized spacial score (nSPS) is 19.5. The fourth-order valence-electron chi connectivity index (χ4n) is 9.98. The minimum Gasteiger partial charge on any atom is -0.457 e. The van der Waals surface area contributed by atoms with Crippen LogP contribution in [-0.4, -0.2) is 116 Å². The summed E-state index contributed by atoms with van der Waals surface area (Å²) in [7, 11) is -17.6. The minimum absolute atomic E-state index is 0.0499. The number of hydroxylamine groups is 2. The predicted molar refractivity (Wildman–Crippen MR) is 276 cm³/mol. The van der Waals surface area contributed by atoms with E-state index in [9.17, 15) is 66.3 Å². The summed E-state index contributed by atoms with van der Waals surface area (Å²) in [5, 5.41) is 0.480. The van der Waals surface area contributed by atoms with Gasteiger partial charge >= 0.3 is 5.97 Å². The van der Waals surface area contributed by atoms with Crippen LogP contribution in [0.4, 0.5) is 11.4 Å². The zero-order valence-electron chi connectivity index (χ0n) is 41.7. The van der Waals surface area contributed by atoms with Gasteiger partial charge in [0.15, 0.2) is 5.71 Å². The summed E-state index contributed by atoms with van der Waals surface area (Å²) in [4.78, 5) is 43.3. The number of nitrogens with zero attached hydrogens (tertiary/aromatic N) is 3. The number of hydrogen-bond acceptors (Lipinski definition) is 14. The number of ether oxygens (including phenoxy) is 1. The number of hydrogen-bond donors (Lipinski definition) is 4. The van der Waals surface area contributed by atoms with Crippen LogP contribution in [0.5, 0.6) is 5.75 Å². The Labute approximate surface area is 437 Å². The number of carbonyl (C=O) groups is 3. The van der Waals surface area contributed by atoms with Gasteiger partial charge in [-0.15, -0.1) is 5.06 Å². The molecule has 24 heteroatoms. The first kappa shape index (κ1) is 56.9. The summed E-state index contributed by atoms with van der Waals surface area (Å²) < 4.78 is 143. The number of fused-ring (bicyclic) bond motifs is 2. The number of benzene rings is 3. The fraction of sp³-hybridized carbons (Fsp3) is 0.412. The van der Waals surface area contributed by atoms with Gasteiger partial charge in [0.05, 0.1) is 39.2 Å². The molecule has 0 saturated carbocycles. The summed E-state index contributed by atoms with van der Waals surface area (Å²) in [6, 6.07) is 14.8. The van der Waals surface area contributed by atoms with E-state index in [1.54, 1.807) is 36.4 Å². The number of amides is 2. The molecule has 20 nitrogen and oxygen atoms in total. The Balaban J connectivity index is 1.27. The molecule has 0 bridgehead atoms. The van der Waals surface area contributed by atoms with Crippen LogP contribution in [0.1, 0.15) is 102 Å². The maximum atomic E-state index is 12.7. The molecule has 3 heterocycles. The molecule has 0 aromatic heterocycles. The third kappa shape index (κ3) is 13.6. The van der Waals surface area contributed by atoms with Crippen molar-refractivity contribution in [3.8, 4) is 5.75 Å². The zero-order valence-corrected chi connectivity index (χ0v) is 45.0. The summed E-state index contributed by atoms with van der Waals surface area (Å²) in [6.45, 7) is 8.26. The third-order valence-corrected chi connectivity index (χ3v) is 17.1. The molecular weight excluding hydrogens is 1050 g/mol. The SMILES string of the molecule is CC1(C)C(/C=C/C2=C(Oc3ccc(CC(=O)ON4C(=O)CCC4=O)cc3)C(=C/C=C/C3N(CCCCS(=O)(=O)O)c4ccc(S(=O)(=O)O)cc4C3(C)C)/CCC2)=[N+](CCCCS(=O)(=O)O)c2ccc(S(=O)(=O)O)cc21. The quantitative estimate of drug-likeness (QED) is 0.0370. The maximum Gasteiger partial charge on any atom is 0.337 e. The average molecular weight is 1120 g/mol. The molecule has 4 N–H and O–H groups in total. The molecule has 3 aromatic carbocycles. The molecular formula is C51H60N3O17S4+. The largest absolute Gasteiger partial charge is 0.457 e. The highest BCUT2D eigenvalue weighted by Gasteiger charge is 2.46. The van der Waals surface area contributed by atoms with Crippen molar-refractivity contribution in [2.45, 2.75) is 119 Å². The minimum atomic E-state index is -4.58. The second-order valence-electron chi connectivity index (χ2n) is 19.9. The number of rotatable bonds is 21.